The monoisotopic (exact) mass is 294 g/mol. The van der Waals surface area contributed by atoms with E-state index in [4.69, 9.17) is 0 Å². The second-order valence-electron chi connectivity index (χ2n) is 4.88. The van der Waals surface area contributed by atoms with Crippen molar-refractivity contribution < 1.29 is 13.2 Å². The maximum absolute atomic E-state index is 12.4. The number of nitrogens with zero attached hydrogens (tertiary/aromatic N) is 1. The van der Waals surface area contributed by atoms with Crippen LogP contribution in [-0.2, 0) is 6.54 Å². The van der Waals surface area contributed by atoms with E-state index in [9.17, 15) is 13.2 Å². The van der Waals surface area contributed by atoms with Crippen LogP contribution in [0.4, 0.5) is 13.2 Å². The first-order valence-electron chi connectivity index (χ1n) is 6.34. The Morgan fingerprint density at radius 2 is 2.05 bits per heavy atom. The van der Waals surface area contributed by atoms with E-state index in [0.29, 0.717) is 13.1 Å². The lowest BCUT2D eigenvalue weighted by atomic mass is 10.3. The second-order valence-corrected chi connectivity index (χ2v) is 5.88. The standard InChI is InChI=1S/C13H21F3N2S/c1-10(2)18(9-13(14,15)16)6-5-17-8-12-11(3)4-7-19-12/h4,7,10,17H,5-6,8-9H2,1-3H3. The highest BCUT2D eigenvalue weighted by molar-refractivity contribution is 7.10. The van der Waals surface area contributed by atoms with Gasteiger partial charge in [0.2, 0.25) is 0 Å². The van der Waals surface area contributed by atoms with Crippen LogP contribution < -0.4 is 5.32 Å². The van der Waals surface area contributed by atoms with Crippen LogP contribution in [0.5, 0.6) is 0 Å². The van der Waals surface area contributed by atoms with Crippen LogP contribution >= 0.6 is 11.3 Å². The van der Waals surface area contributed by atoms with Crippen molar-refractivity contribution in [3.05, 3.63) is 21.9 Å². The molecule has 0 amide bonds. The molecule has 1 heterocycles. The zero-order valence-corrected chi connectivity index (χ0v) is 12.4. The van der Waals surface area contributed by atoms with Crippen LogP contribution in [0.2, 0.25) is 0 Å². The molecule has 0 fully saturated rings. The number of rotatable bonds is 7. The molecule has 0 aliphatic rings. The van der Waals surface area contributed by atoms with Gasteiger partial charge >= 0.3 is 6.18 Å². The summed E-state index contributed by atoms with van der Waals surface area (Å²) in [6.45, 7) is 6.46. The largest absolute Gasteiger partial charge is 0.401 e. The van der Waals surface area contributed by atoms with E-state index in [1.165, 1.54) is 15.3 Å². The Hall–Kier alpha value is -0.590. The summed E-state index contributed by atoms with van der Waals surface area (Å²) < 4.78 is 37.2. The molecule has 0 bridgehead atoms. The molecule has 1 rings (SSSR count). The van der Waals surface area contributed by atoms with Gasteiger partial charge in [0.15, 0.2) is 0 Å². The maximum atomic E-state index is 12.4. The van der Waals surface area contributed by atoms with Gasteiger partial charge in [-0.3, -0.25) is 4.90 Å². The lowest BCUT2D eigenvalue weighted by Gasteiger charge is -2.27. The molecule has 0 saturated heterocycles. The number of hydrogen-bond acceptors (Lipinski definition) is 3. The summed E-state index contributed by atoms with van der Waals surface area (Å²) in [7, 11) is 0. The minimum Gasteiger partial charge on any atom is -0.311 e. The summed E-state index contributed by atoms with van der Waals surface area (Å²) in [5.41, 5.74) is 1.23. The minimum atomic E-state index is -4.13. The van der Waals surface area contributed by atoms with Gasteiger partial charge in [-0.2, -0.15) is 13.2 Å². The van der Waals surface area contributed by atoms with E-state index in [1.807, 2.05) is 18.4 Å². The van der Waals surface area contributed by atoms with Crippen molar-refractivity contribution in [1.82, 2.24) is 10.2 Å². The Morgan fingerprint density at radius 1 is 1.37 bits per heavy atom. The predicted molar refractivity (Wildman–Crippen MR) is 73.5 cm³/mol. The average molecular weight is 294 g/mol. The molecule has 0 aliphatic carbocycles. The van der Waals surface area contributed by atoms with Gasteiger partial charge in [-0.05, 0) is 37.8 Å². The molecule has 6 heteroatoms. The Kier molecular flexibility index (Phi) is 6.29. The Labute approximate surface area is 116 Å². The summed E-state index contributed by atoms with van der Waals surface area (Å²) in [5, 5.41) is 5.23. The third kappa shape index (κ3) is 6.40. The molecule has 1 aromatic heterocycles. The van der Waals surface area contributed by atoms with Crippen molar-refractivity contribution >= 4 is 11.3 Å². The molecule has 1 aromatic rings. The third-order valence-electron chi connectivity index (χ3n) is 2.94. The molecule has 2 nitrogen and oxygen atoms in total. The molecule has 0 radical (unpaired) electrons. The van der Waals surface area contributed by atoms with Crippen molar-refractivity contribution in [3.8, 4) is 0 Å². The van der Waals surface area contributed by atoms with E-state index in [0.717, 1.165) is 6.54 Å². The number of nitrogens with one attached hydrogen (secondary N) is 1. The van der Waals surface area contributed by atoms with Gasteiger partial charge in [-0.1, -0.05) is 0 Å². The van der Waals surface area contributed by atoms with Crippen molar-refractivity contribution in [2.45, 2.75) is 39.5 Å². The highest BCUT2D eigenvalue weighted by atomic mass is 32.1. The fourth-order valence-corrected chi connectivity index (χ4v) is 2.64. The average Bonchev–Trinajstić information content (AvgIpc) is 2.67. The predicted octanol–water partition coefficient (Wildman–Crippen LogP) is 3.42. The maximum Gasteiger partial charge on any atom is 0.401 e. The first-order chi connectivity index (χ1) is 8.79. The molecule has 19 heavy (non-hydrogen) atoms. The van der Waals surface area contributed by atoms with E-state index < -0.39 is 12.7 Å². The van der Waals surface area contributed by atoms with E-state index >= 15 is 0 Å². The van der Waals surface area contributed by atoms with Gasteiger partial charge in [-0.25, -0.2) is 0 Å². The number of thiophene rings is 1. The summed E-state index contributed by atoms with van der Waals surface area (Å²) in [5.74, 6) is 0. The summed E-state index contributed by atoms with van der Waals surface area (Å²) >= 11 is 1.67. The molecule has 1 N–H and O–H groups in total. The van der Waals surface area contributed by atoms with Crippen LogP contribution in [0.25, 0.3) is 0 Å². The van der Waals surface area contributed by atoms with E-state index in [2.05, 4.69) is 5.32 Å². The number of halogens is 3. The van der Waals surface area contributed by atoms with Gasteiger partial charge in [0.05, 0.1) is 6.54 Å². The van der Waals surface area contributed by atoms with Crippen molar-refractivity contribution in [2.75, 3.05) is 19.6 Å². The molecule has 0 saturated carbocycles. The Balaban J connectivity index is 2.31. The second kappa shape index (κ2) is 7.26. The molecular formula is C13H21F3N2S. The summed E-state index contributed by atoms with van der Waals surface area (Å²) in [6.07, 6.45) is -4.13. The third-order valence-corrected chi connectivity index (χ3v) is 3.97. The topological polar surface area (TPSA) is 15.3 Å². The zero-order valence-electron chi connectivity index (χ0n) is 11.5. The number of alkyl halides is 3. The normalized spacial score (nSPS) is 12.6. The van der Waals surface area contributed by atoms with Crippen LogP contribution in [0.3, 0.4) is 0 Å². The molecule has 0 spiro atoms. The summed E-state index contributed by atoms with van der Waals surface area (Å²) in [4.78, 5) is 2.68. The molecule has 110 valence electrons. The van der Waals surface area contributed by atoms with Gasteiger partial charge in [0.25, 0.3) is 0 Å². The highest BCUT2D eigenvalue weighted by Crippen LogP contribution is 2.18. The van der Waals surface area contributed by atoms with E-state index in [-0.39, 0.29) is 6.04 Å². The summed E-state index contributed by atoms with van der Waals surface area (Å²) in [6, 6.07) is 1.94. The van der Waals surface area contributed by atoms with Crippen molar-refractivity contribution in [1.29, 1.82) is 0 Å². The van der Waals surface area contributed by atoms with Crippen LogP contribution in [0, 0.1) is 6.92 Å². The molecule has 0 aliphatic heterocycles. The Bertz CT molecular complexity index is 374. The lowest BCUT2D eigenvalue weighted by molar-refractivity contribution is -0.149. The van der Waals surface area contributed by atoms with Crippen LogP contribution in [-0.4, -0.2) is 36.8 Å². The molecule has 0 atom stereocenters. The van der Waals surface area contributed by atoms with Crippen LogP contribution in [0.15, 0.2) is 11.4 Å². The molecule has 0 aromatic carbocycles. The van der Waals surface area contributed by atoms with Gasteiger partial charge in [0, 0.05) is 30.6 Å². The fraction of sp³-hybridized carbons (Fsp3) is 0.692. The lowest BCUT2D eigenvalue weighted by Crippen LogP contribution is -2.42. The quantitative estimate of drug-likeness (QED) is 0.775. The first kappa shape index (κ1) is 16.5. The first-order valence-corrected chi connectivity index (χ1v) is 7.22. The van der Waals surface area contributed by atoms with Crippen LogP contribution in [0.1, 0.15) is 24.3 Å². The SMILES string of the molecule is Cc1ccsc1CNCCN(CC(F)(F)F)C(C)C. The van der Waals surface area contributed by atoms with Gasteiger partial charge in [0.1, 0.15) is 0 Å². The molecule has 0 unspecified atom stereocenters. The van der Waals surface area contributed by atoms with Gasteiger partial charge in [-0.15, -0.1) is 11.3 Å². The van der Waals surface area contributed by atoms with E-state index in [1.54, 1.807) is 25.2 Å². The van der Waals surface area contributed by atoms with Crippen molar-refractivity contribution in [3.63, 3.8) is 0 Å². The number of hydrogen-bond donors (Lipinski definition) is 1. The highest BCUT2D eigenvalue weighted by Gasteiger charge is 2.31. The van der Waals surface area contributed by atoms with Gasteiger partial charge < -0.3 is 5.32 Å². The fourth-order valence-electron chi connectivity index (χ4n) is 1.76. The smallest absolute Gasteiger partial charge is 0.311 e. The zero-order chi connectivity index (χ0) is 14.5. The molecular weight excluding hydrogens is 273 g/mol. The van der Waals surface area contributed by atoms with Crippen molar-refractivity contribution in [2.24, 2.45) is 0 Å². The number of aryl methyl sites for hydroxylation is 1. The minimum absolute atomic E-state index is 0.105. The Morgan fingerprint density at radius 3 is 2.53 bits per heavy atom.